The maximum Gasteiger partial charge on any atom is 0.337 e. The maximum atomic E-state index is 13.2. The van der Waals surface area contributed by atoms with E-state index in [1.165, 1.54) is 13.2 Å². The van der Waals surface area contributed by atoms with Crippen LogP contribution in [0.4, 0.5) is 15.1 Å². The average Bonchev–Trinajstić information content (AvgIpc) is 3.35. The highest BCUT2D eigenvalue weighted by Gasteiger charge is 2.29. The van der Waals surface area contributed by atoms with E-state index in [0.717, 1.165) is 40.3 Å². The molecule has 1 aliphatic rings. The van der Waals surface area contributed by atoms with Crippen LogP contribution < -0.4 is 10.2 Å². The summed E-state index contributed by atoms with van der Waals surface area (Å²) in [4.78, 5) is 39.7. The summed E-state index contributed by atoms with van der Waals surface area (Å²) >= 11 is 7.12. The number of carbonyl (C=O) groups is 3. The zero-order chi connectivity index (χ0) is 23.0. The quantitative estimate of drug-likeness (QED) is 0.536. The molecule has 2 heterocycles. The third-order valence-electron chi connectivity index (χ3n) is 5.17. The molecule has 1 aliphatic heterocycles. The summed E-state index contributed by atoms with van der Waals surface area (Å²) in [6.07, 6.45) is 0.628. The average molecular weight is 473 g/mol. The van der Waals surface area contributed by atoms with Crippen LogP contribution in [0.2, 0.25) is 5.02 Å². The summed E-state index contributed by atoms with van der Waals surface area (Å²) in [5.41, 5.74) is 2.95. The highest BCUT2D eigenvalue weighted by atomic mass is 35.5. The highest BCUT2D eigenvalue weighted by molar-refractivity contribution is 7.18. The number of rotatable bonds is 4. The van der Waals surface area contributed by atoms with E-state index in [1.807, 2.05) is 0 Å². The van der Waals surface area contributed by atoms with Gasteiger partial charge in [-0.25, -0.2) is 9.18 Å². The second-order valence-corrected chi connectivity index (χ2v) is 8.70. The number of fused-ring (bicyclic) bond motifs is 1. The minimum atomic E-state index is -0.531. The Bertz CT molecular complexity index is 1260. The molecule has 4 rings (SSSR count). The fourth-order valence-corrected chi connectivity index (χ4v) is 4.86. The van der Waals surface area contributed by atoms with Crippen molar-refractivity contribution in [3.8, 4) is 0 Å². The zero-order valence-electron chi connectivity index (χ0n) is 17.2. The first-order valence-corrected chi connectivity index (χ1v) is 10.9. The van der Waals surface area contributed by atoms with Gasteiger partial charge in [-0.05, 0) is 66.9 Å². The first-order valence-electron chi connectivity index (χ1n) is 9.68. The second kappa shape index (κ2) is 8.72. The van der Waals surface area contributed by atoms with Gasteiger partial charge in [-0.3, -0.25) is 9.59 Å². The van der Waals surface area contributed by atoms with Crippen LogP contribution in [-0.2, 0) is 11.2 Å². The van der Waals surface area contributed by atoms with Gasteiger partial charge in [-0.2, -0.15) is 0 Å². The van der Waals surface area contributed by atoms with Crippen LogP contribution >= 0.6 is 22.9 Å². The molecular weight excluding hydrogens is 455 g/mol. The molecular formula is C23H18ClFN2O4S. The van der Waals surface area contributed by atoms with Crippen LogP contribution in [-0.4, -0.2) is 31.4 Å². The fourth-order valence-electron chi connectivity index (χ4n) is 3.59. The lowest BCUT2D eigenvalue weighted by Crippen LogP contribution is -2.28. The number of aryl methyl sites for hydroxylation is 1. The predicted molar refractivity (Wildman–Crippen MR) is 122 cm³/mol. The van der Waals surface area contributed by atoms with E-state index in [2.05, 4.69) is 5.32 Å². The molecule has 2 aromatic carbocycles. The normalized spacial score (nSPS) is 12.4. The van der Waals surface area contributed by atoms with Crippen LogP contribution in [0.25, 0.3) is 0 Å². The van der Waals surface area contributed by atoms with Crippen molar-refractivity contribution in [1.82, 2.24) is 0 Å². The molecule has 1 N–H and O–H groups in total. The first kappa shape index (κ1) is 22.0. The van der Waals surface area contributed by atoms with Crippen LogP contribution in [0.15, 0.2) is 42.5 Å². The van der Waals surface area contributed by atoms with Crippen molar-refractivity contribution in [2.24, 2.45) is 0 Å². The monoisotopic (exact) mass is 472 g/mol. The summed E-state index contributed by atoms with van der Waals surface area (Å²) in [6, 6.07) is 10.4. The van der Waals surface area contributed by atoms with Crippen molar-refractivity contribution >= 4 is 51.4 Å². The lowest BCUT2D eigenvalue weighted by molar-refractivity contribution is 0.0600. The van der Waals surface area contributed by atoms with Crippen molar-refractivity contribution in [3.63, 3.8) is 0 Å². The molecule has 6 nitrogen and oxygen atoms in total. The van der Waals surface area contributed by atoms with Crippen molar-refractivity contribution in [1.29, 1.82) is 0 Å². The molecule has 0 atom stereocenters. The number of hydrogen-bond donors (Lipinski definition) is 1. The number of ether oxygens (including phenoxy) is 1. The number of nitrogens with zero attached hydrogens (tertiary/aromatic N) is 1. The Morgan fingerprint density at radius 2 is 1.94 bits per heavy atom. The number of halogens is 2. The number of benzene rings is 2. The Balaban J connectivity index is 1.54. The molecule has 0 radical (unpaired) electrons. The molecule has 0 aliphatic carbocycles. The van der Waals surface area contributed by atoms with Crippen molar-refractivity contribution in [2.75, 3.05) is 23.9 Å². The highest BCUT2D eigenvalue weighted by Crippen LogP contribution is 2.34. The number of amides is 2. The molecule has 3 aromatic rings. The number of methoxy groups -OCH3 is 1. The molecule has 0 fully saturated rings. The molecule has 0 saturated heterocycles. The second-order valence-electron chi connectivity index (χ2n) is 7.24. The summed E-state index contributed by atoms with van der Waals surface area (Å²) in [7, 11) is 1.32. The summed E-state index contributed by atoms with van der Waals surface area (Å²) < 4.78 is 18.0. The van der Waals surface area contributed by atoms with Crippen molar-refractivity contribution in [3.05, 3.63) is 80.4 Å². The Kier molecular flexibility index (Phi) is 5.99. The molecule has 1 aromatic heterocycles. The Morgan fingerprint density at radius 3 is 2.66 bits per heavy atom. The smallest absolute Gasteiger partial charge is 0.337 e. The summed E-state index contributed by atoms with van der Waals surface area (Å²) in [5.74, 6) is -1.63. The van der Waals surface area contributed by atoms with Crippen molar-refractivity contribution in [2.45, 2.75) is 13.3 Å². The molecule has 0 bridgehead atoms. The number of nitrogens with one attached hydrogen (secondary N) is 1. The minimum absolute atomic E-state index is 0.00655. The van der Waals surface area contributed by atoms with Crippen LogP contribution in [0.3, 0.4) is 0 Å². The maximum absolute atomic E-state index is 13.2. The van der Waals surface area contributed by atoms with Gasteiger partial charge in [0.1, 0.15) is 5.82 Å². The van der Waals surface area contributed by atoms with Gasteiger partial charge in [-0.1, -0.05) is 11.6 Å². The standard InChI is InChI=1S/C23H18ClFN2O4S/c1-12-9-19(26-21(28)16-5-4-15(25)11-17(16)24)32-20(12)22(29)27-8-7-13-10-14(23(30)31-2)3-6-18(13)27/h3-6,9-11H,7-8H2,1-2H3,(H,26,28). The SMILES string of the molecule is COC(=O)c1ccc2c(c1)CCN2C(=O)c1sc(NC(=O)c2ccc(F)cc2Cl)cc1C. The van der Waals surface area contributed by atoms with Gasteiger partial charge >= 0.3 is 5.97 Å². The lowest BCUT2D eigenvalue weighted by Gasteiger charge is -2.17. The topological polar surface area (TPSA) is 75.7 Å². The van der Waals surface area contributed by atoms with Gasteiger partial charge in [0.05, 0.1) is 33.1 Å². The largest absolute Gasteiger partial charge is 0.465 e. The molecule has 164 valence electrons. The van der Waals surface area contributed by atoms with Gasteiger partial charge in [0.25, 0.3) is 11.8 Å². The molecule has 9 heteroatoms. The van der Waals surface area contributed by atoms with Gasteiger partial charge in [0.15, 0.2) is 0 Å². The number of thiophene rings is 1. The molecule has 0 saturated carbocycles. The predicted octanol–water partition coefficient (Wildman–Crippen LogP) is 5.09. The van der Waals surface area contributed by atoms with Crippen molar-refractivity contribution < 1.29 is 23.5 Å². The van der Waals surface area contributed by atoms with Gasteiger partial charge in [0, 0.05) is 12.2 Å². The van der Waals surface area contributed by atoms with E-state index in [0.29, 0.717) is 28.4 Å². The molecule has 0 spiro atoms. The third-order valence-corrected chi connectivity index (χ3v) is 6.62. The van der Waals surface area contributed by atoms with E-state index in [4.69, 9.17) is 16.3 Å². The molecule has 0 unspecified atom stereocenters. The zero-order valence-corrected chi connectivity index (χ0v) is 18.8. The fraction of sp³-hybridized carbons (Fsp3) is 0.174. The van der Waals surface area contributed by atoms with E-state index in [9.17, 15) is 18.8 Å². The van der Waals surface area contributed by atoms with E-state index >= 15 is 0 Å². The van der Waals surface area contributed by atoms with Gasteiger partial charge in [0.2, 0.25) is 0 Å². The van der Waals surface area contributed by atoms with Crippen LogP contribution in [0.5, 0.6) is 0 Å². The number of hydrogen-bond acceptors (Lipinski definition) is 5. The number of anilines is 2. The summed E-state index contributed by atoms with van der Waals surface area (Å²) in [5, 5.41) is 3.21. The van der Waals surface area contributed by atoms with Gasteiger partial charge in [-0.15, -0.1) is 11.3 Å². The van der Waals surface area contributed by atoms with E-state index in [1.54, 1.807) is 36.1 Å². The van der Waals surface area contributed by atoms with Gasteiger partial charge < -0.3 is 15.0 Å². The van der Waals surface area contributed by atoms with E-state index in [-0.39, 0.29) is 16.5 Å². The van der Waals surface area contributed by atoms with E-state index < -0.39 is 17.7 Å². The molecule has 32 heavy (non-hydrogen) atoms. The van der Waals surface area contributed by atoms with Crippen LogP contribution in [0.1, 0.15) is 41.5 Å². The first-order chi connectivity index (χ1) is 15.3. The number of esters is 1. The van der Waals surface area contributed by atoms with Crippen LogP contribution in [0, 0.1) is 12.7 Å². The third kappa shape index (κ3) is 4.11. The number of carbonyl (C=O) groups excluding carboxylic acids is 3. The Morgan fingerprint density at radius 1 is 1.16 bits per heavy atom. The Hall–Kier alpha value is -3.23. The molecule has 2 amide bonds. The lowest BCUT2D eigenvalue weighted by atomic mass is 10.1. The minimum Gasteiger partial charge on any atom is -0.465 e. The Labute approximate surface area is 192 Å². The summed E-state index contributed by atoms with van der Waals surface area (Å²) in [6.45, 7) is 2.28.